The fourth-order valence-electron chi connectivity index (χ4n) is 0. The third-order valence-corrected chi connectivity index (χ3v) is 1.57. The minimum Gasteiger partial charge on any atom is -0.474 e. The molecule has 0 saturated carbocycles. The van der Waals surface area contributed by atoms with Crippen LogP contribution in [0.15, 0.2) is 0 Å². The van der Waals surface area contributed by atoms with Gasteiger partial charge in [-0.1, -0.05) is 0 Å². The van der Waals surface area contributed by atoms with Gasteiger partial charge in [0.05, 0.1) is 0 Å². The first-order chi connectivity index (χ1) is 2.94. The second kappa shape index (κ2) is 1.74. The molecule has 0 bridgehead atoms. The topological polar surface area (TPSA) is 37.3 Å². The number of rotatable bonds is 0. The van der Waals surface area contributed by atoms with Gasteiger partial charge in [0, 0.05) is 0 Å². The second-order valence-electron chi connectivity index (χ2n) is 2.10. The molecule has 0 fully saturated rings. The molecule has 0 heterocycles. The highest BCUT2D eigenvalue weighted by molar-refractivity contribution is 8.43. The van der Waals surface area contributed by atoms with Crippen LogP contribution in [0.25, 0.3) is 0 Å². The molecule has 0 radical (unpaired) electrons. The van der Waals surface area contributed by atoms with Crippen molar-refractivity contribution in [3.63, 3.8) is 0 Å². The Kier molecular flexibility index (Phi) is 1.69. The van der Waals surface area contributed by atoms with Gasteiger partial charge in [0.1, 0.15) is 0 Å². The van der Waals surface area contributed by atoms with Gasteiger partial charge in [-0.3, -0.25) is 0 Å². The Hall–Kier alpha value is -0.180. The van der Waals surface area contributed by atoms with E-state index in [0.717, 1.165) is 0 Å². The molecule has 0 spiro atoms. The van der Waals surface area contributed by atoms with E-state index >= 15 is 0 Å². The summed E-state index contributed by atoms with van der Waals surface area (Å²) in [5.41, 5.74) is 0. The van der Waals surface area contributed by atoms with Gasteiger partial charge < -0.3 is 5.11 Å². The highest BCUT2D eigenvalue weighted by atomic mass is 32.3. The average molecular weight is 122 g/mol. The molecule has 0 aliphatic heterocycles. The van der Waals surface area contributed by atoms with Crippen LogP contribution in [0.3, 0.4) is 0 Å². The van der Waals surface area contributed by atoms with Crippen LogP contribution in [-0.4, -0.2) is 29.2 Å². The van der Waals surface area contributed by atoms with Gasteiger partial charge in [-0.2, -0.15) is 10.0 Å². The fourth-order valence-corrected chi connectivity index (χ4v) is 0. The van der Waals surface area contributed by atoms with Gasteiger partial charge in [0.25, 0.3) is 0 Å². The molecule has 0 aromatic heterocycles. The summed E-state index contributed by atoms with van der Waals surface area (Å²) in [6.07, 6.45) is 5.24. The smallest absolute Gasteiger partial charge is 0.346 e. The fraction of sp³-hybridized carbons (Fsp3) is 0.750. The van der Waals surface area contributed by atoms with Crippen LogP contribution in [0.1, 0.15) is 0 Å². The average Bonchev–Trinajstić information content (AvgIpc) is 1.31. The third-order valence-electron chi connectivity index (χ3n) is 0.524. The normalized spacial score (nSPS) is 13.6. The van der Waals surface area contributed by atoms with E-state index in [2.05, 4.69) is 0 Å². The van der Waals surface area contributed by atoms with Crippen LogP contribution in [0.5, 0.6) is 0 Å². The van der Waals surface area contributed by atoms with Gasteiger partial charge >= 0.3 is 5.30 Å². The highest BCUT2D eigenvalue weighted by Gasteiger charge is 2.11. The van der Waals surface area contributed by atoms with E-state index in [1.807, 2.05) is 0 Å². The molecule has 2 nitrogen and oxygen atoms in total. The van der Waals surface area contributed by atoms with E-state index in [4.69, 9.17) is 5.11 Å². The molecular formula is C4H10O2S. The summed E-state index contributed by atoms with van der Waals surface area (Å²) in [5, 5.41) is 7.61. The molecule has 7 heavy (non-hydrogen) atoms. The first kappa shape index (κ1) is 6.82. The van der Waals surface area contributed by atoms with Gasteiger partial charge in [-0.25, -0.2) is 4.79 Å². The summed E-state index contributed by atoms with van der Waals surface area (Å²) < 4.78 is 0. The lowest BCUT2D eigenvalue weighted by Crippen LogP contribution is -2.02. The second-order valence-corrected chi connectivity index (χ2v) is 6.13. The molecule has 0 saturated heterocycles. The Morgan fingerprint density at radius 2 is 1.57 bits per heavy atom. The van der Waals surface area contributed by atoms with E-state index in [1.54, 1.807) is 18.8 Å². The monoisotopic (exact) mass is 122 g/mol. The largest absolute Gasteiger partial charge is 0.474 e. The molecule has 0 aromatic carbocycles. The summed E-state index contributed by atoms with van der Waals surface area (Å²) in [7, 11) is -1.32. The number of hydrogen-bond donors (Lipinski definition) is 1. The van der Waals surface area contributed by atoms with Crippen molar-refractivity contribution >= 4 is 15.3 Å². The maximum Gasteiger partial charge on any atom is 0.346 e. The van der Waals surface area contributed by atoms with Crippen molar-refractivity contribution in [2.75, 3.05) is 18.8 Å². The summed E-state index contributed by atoms with van der Waals surface area (Å²) in [6.45, 7) is 0. The SMILES string of the molecule is CS(C)(C)C(=O)O. The lowest BCUT2D eigenvalue weighted by Gasteiger charge is -2.16. The number of carboxylic acid groups (broad SMARTS) is 1. The van der Waals surface area contributed by atoms with Crippen molar-refractivity contribution < 1.29 is 9.90 Å². The molecule has 0 aromatic rings. The Labute approximate surface area is 44.8 Å². The van der Waals surface area contributed by atoms with Crippen LogP contribution in [0.4, 0.5) is 4.79 Å². The van der Waals surface area contributed by atoms with Gasteiger partial charge in [0.15, 0.2) is 0 Å². The summed E-state index contributed by atoms with van der Waals surface area (Å²) in [4.78, 5) is 10.1. The Balaban J connectivity index is 3.79. The predicted octanol–water partition coefficient (Wildman–Crippen LogP) is 1.36. The minimum atomic E-state index is -1.32. The van der Waals surface area contributed by atoms with Crippen LogP contribution >= 0.6 is 10.0 Å². The van der Waals surface area contributed by atoms with Crippen molar-refractivity contribution in [2.24, 2.45) is 0 Å². The zero-order valence-electron chi connectivity index (χ0n) is 4.76. The summed E-state index contributed by atoms with van der Waals surface area (Å²) in [6, 6.07) is 0. The van der Waals surface area contributed by atoms with E-state index in [1.165, 1.54) is 0 Å². The molecule has 0 rings (SSSR count). The Morgan fingerprint density at radius 3 is 1.57 bits per heavy atom. The zero-order valence-corrected chi connectivity index (χ0v) is 5.58. The maximum absolute atomic E-state index is 10.1. The third kappa shape index (κ3) is 2.51. The van der Waals surface area contributed by atoms with E-state index in [0.29, 0.717) is 0 Å². The molecule has 44 valence electrons. The first-order valence-corrected chi connectivity index (χ1v) is 4.71. The van der Waals surface area contributed by atoms with Gasteiger partial charge in [-0.05, 0) is 18.8 Å². The minimum absolute atomic E-state index is 0.674. The van der Waals surface area contributed by atoms with E-state index in [9.17, 15) is 4.79 Å². The van der Waals surface area contributed by atoms with Crippen LogP contribution < -0.4 is 0 Å². The molecule has 0 atom stereocenters. The predicted molar refractivity (Wildman–Crippen MR) is 33.4 cm³/mol. The number of carbonyl (C=O) groups is 1. The maximum atomic E-state index is 10.1. The highest BCUT2D eigenvalue weighted by Crippen LogP contribution is 2.34. The number of hydrogen-bond acceptors (Lipinski definition) is 1. The molecular weight excluding hydrogens is 112 g/mol. The zero-order chi connectivity index (χ0) is 6.08. The lowest BCUT2D eigenvalue weighted by molar-refractivity contribution is 0.221. The Bertz CT molecular complexity index is 82.2. The molecule has 0 aliphatic rings. The summed E-state index contributed by atoms with van der Waals surface area (Å²) in [5.74, 6) is 0. The molecule has 1 N–H and O–H groups in total. The van der Waals surface area contributed by atoms with Crippen LogP contribution in [0.2, 0.25) is 0 Å². The molecule has 0 aliphatic carbocycles. The van der Waals surface area contributed by atoms with Crippen molar-refractivity contribution in [3.8, 4) is 0 Å². The lowest BCUT2D eigenvalue weighted by atomic mass is 11.6. The van der Waals surface area contributed by atoms with E-state index in [-0.39, 0.29) is 0 Å². The Morgan fingerprint density at radius 1 is 1.43 bits per heavy atom. The quantitative estimate of drug-likeness (QED) is 0.526. The molecule has 0 unspecified atom stereocenters. The van der Waals surface area contributed by atoms with Crippen molar-refractivity contribution in [2.45, 2.75) is 0 Å². The van der Waals surface area contributed by atoms with Crippen molar-refractivity contribution in [1.82, 2.24) is 0 Å². The van der Waals surface area contributed by atoms with Crippen molar-refractivity contribution in [3.05, 3.63) is 0 Å². The standard InChI is InChI=1S/C4H10O2S/c1-7(2,3)4(5)6/h1-3H3,(H,5,6). The van der Waals surface area contributed by atoms with Crippen molar-refractivity contribution in [1.29, 1.82) is 0 Å². The molecule has 3 heteroatoms. The van der Waals surface area contributed by atoms with Gasteiger partial charge in [0.2, 0.25) is 0 Å². The van der Waals surface area contributed by atoms with Gasteiger partial charge in [-0.15, -0.1) is 0 Å². The van der Waals surface area contributed by atoms with E-state index < -0.39 is 15.3 Å². The van der Waals surface area contributed by atoms with Crippen LogP contribution in [-0.2, 0) is 0 Å². The molecule has 0 amide bonds. The summed E-state index contributed by atoms with van der Waals surface area (Å²) >= 11 is 0. The first-order valence-electron chi connectivity index (χ1n) is 1.86. The van der Waals surface area contributed by atoms with Crippen LogP contribution in [0, 0.1) is 0 Å².